The van der Waals surface area contributed by atoms with Crippen LogP contribution in [0, 0.1) is 23.5 Å². The van der Waals surface area contributed by atoms with Crippen LogP contribution in [0.5, 0.6) is 5.75 Å². The number of nitrogens with zero attached hydrogens (tertiary/aromatic N) is 1. The highest BCUT2D eigenvalue weighted by molar-refractivity contribution is 7.99. The molecule has 142 valence electrons. The Kier molecular flexibility index (Phi) is 5.04. The Hall–Kier alpha value is -2.15. The molecule has 27 heavy (non-hydrogen) atoms. The predicted octanol–water partition coefficient (Wildman–Crippen LogP) is 4.63. The van der Waals surface area contributed by atoms with Crippen LogP contribution in [0.1, 0.15) is 36.3 Å². The first-order valence-corrected chi connectivity index (χ1v) is 9.92. The number of hydrogen-bond acceptors (Lipinski definition) is 4. The first kappa shape index (κ1) is 18.2. The quantitative estimate of drug-likeness (QED) is 0.665. The summed E-state index contributed by atoms with van der Waals surface area (Å²) in [4.78, 5) is 15.3. The number of carbonyl (C=O) groups is 1. The van der Waals surface area contributed by atoms with Crippen LogP contribution in [0.3, 0.4) is 0 Å². The van der Waals surface area contributed by atoms with Crippen molar-refractivity contribution in [1.29, 1.82) is 0 Å². The molecule has 1 aromatic carbocycles. The van der Waals surface area contributed by atoms with E-state index in [9.17, 15) is 13.6 Å². The highest BCUT2D eigenvalue weighted by Crippen LogP contribution is 2.48. The maximum atomic E-state index is 14.4. The summed E-state index contributed by atoms with van der Waals surface area (Å²) in [7, 11) is 0. The maximum Gasteiger partial charge on any atom is 0.307 e. The van der Waals surface area contributed by atoms with E-state index in [2.05, 4.69) is 4.98 Å². The lowest BCUT2D eigenvalue weighted by Crippen LogP contribution is -2.04. The van der Waals surface area contributed by atoms with Crippen molar-refractivity contribution in [3.63, 3.8) is 0 Å². The van der Waals surface area contributed by atoms with Crippen LogP contribution >= 0.6 is 11.8 Å². The molecule has 1 heterocycles. The Bertz CT molecular complexity index is 849. The van der Waals surface area contributed by atoms with E-state index in [4.69, 9.17) is 9.84 Å². The van der Waals surface area contributed by atoms with Crippen molar-refractivity contribution in [2.75, 3.05) is 5.75 Å². The minimum atomic E-state index is -0.936. The molecule has 2 saturated carbocycles. The molecule has 0 saturated heterocycles. The number of benzene rings is 1. The van der Waals surface area contributed by atoms with E-state index in [1.54, 1.807) is 24.0 Å². The van der Waals surface area contributed by atoms with E-state index >= 15 is 0 Å². The SMILES string of the molecule is O=C(O)C1CC1c1cc(F)c(OCc2cccnc2SCC2CC2)c(F)c1. The summed E-state index contributed by atoms with van der Waals surface area (Å²) >= 11 is 1.64. The average molecular weight is 391 g/mol. The third-order valence-electron chi connectivity index (χ3n) is 4.93. The Balaban J connectivity index is 1.45. The fraction of sp³-hybridized carbons (Fsp3) is 0.400. The van der Waals surface area contributed by atoms with Crippen molar-refractivity contribution >= 4 is 17.7 Å². The van der Waals surface area contributed by atoms with Crippen LogP contribution in [-0.4, -0.2) is 21.8 Å². The number of ether oxygens (including phenoxy) is 1. The standard InChI is InChI=1S/C20H19F2NO3S/c21-16-6-13(14-8-15(14)20(24)25)7-17(22)18(16)26-9-12-2-1-5-23-19(12)27-10-11-3-4-11/h1-2,5-7,11,14-15H,3-4,8-10H2,(H,24,25). The molecule has 2 aliphatic carbocycles. The third kappa shape index (κ3) is 4.24. The number of rotatable bonds is 8. The van der Waals surface area contributed by atoms with Gasteiger partial charge in [0.25, 0.3) is 0 Å². The molecule has 4 nitrogen and oxygen atoms in total. The second-order valence-corrected chi connectivity index (χ2v) is 8.12. The number of carboxylic acid groups (broad SMARTS) is 1. The molecule has 0 radical (unpaired) electrons. The highest BCUT2D eigenvalue weighted by Gasteiger charge is 2.44. The molecule has 0 aliphatic heterocycles. The van der Waals surface area contributed by atoms with Crippen molar-refractivity contribution < 1.29 is 23.4 Å². The van der Waals surface area contributed by atoms with Crippen molar-refractivity contribution in [2.45, 2.75) is 36.8 Å². The Morgan fingerprint density at radius 1 is 1.30 bits per heavy atom. The summed E-state index contributed by atoms with van der Waals surface area (Å²) in [6, 6.07) is 5.97. The van der Waals surface area contributed by atoms with Crippen molar-refractivity contribution in [3.8, 4) is 5.75 Å². The van der Waals surface area contributed by atoms with Gasteiger partial charge >= 0.3 is 5.97 Å². The zero-order valence-corrected chi connectivity index (χ0v) is 15.3. The van der Waals surface area contributed by atoms with E-state index in [0.29, 0.717) is 12.0 Å². The number of aromatic nitrogens is 1. The average Bonchev–Trinajstić information content (AvgIpc) is 3.54. The molecule has 0 amide bonds. The Labute approximate surface area is 160 Å². The van der Waals surface area contributed by atoms with Crippen LogP contribution in [-0.2, 0) is 11.4 Å². The molecule has 4 rings (SSSR count). The van der Waals surface area contributed by atoms with Gasteiger partial charge in [-0.2, -0.15) is 0 Å². The fourth-order valence-corrected chi connectivity index (χ4v) is 4.24. The largest absolute Gasteiger partial charge is 0.483 e. The van der Waals surface area contributed by atoms with Gasteiger partial charge in [0.1, 0.15) is 11.6 Å². The van der Waals surface area contributed by atoms with Crippen molar-refractivity contribution in [3.05, 3.63) is 53.2 Å². The van der Waals surface area contributed by atoms with E-state index < -0.39 is 29.3 Å². The van der Waals surface area contributed by atoms with Gasteiger partial charge in [0.05, 0.1) is 5.92 Å². The molecule has 0 spiro atoms. The number of thioether (sulfide) groups is 1. The molecule has 0 bridgehead atoms. The van der Waals surface area contributed by atoms with Crippen LogP contribution in [0.15, 0.2) is 35.5 Å². The molecule has 2 aliphatic rings. The van der Waals surface area contributed by atoms with Gasteiger partial charge in [0, 0.05) is 17.5 Å². The monoisotopic (exact) mass is 391 g/mol. The number of carboxylic acids is 1. The minimum Gasteiger partial charge on any atom is -0.483 e. The lowest BCUT2D eigenvalue weighted by molar-refractivity contribution is -0.138. The summed E-state index contributed by atoms with van der Waals surface area (Å²) < 4.78 is 34.1. The van der Waals surface area contributed by atoms with Gasteiger partial charge in [-0.1, -0.05) is 6.07 Å². The zero-order valence-electron chi connectivity index (χ0n) is 14.5. The van der Waals surface area contributed by atoms with Crippen LogP contribution in [0.25, 0.3) is 0 Å². The second kappa shape index (κ2) is 7.46. The number of halogens is 2. The summed E-state index contributed by atoms with van der Waals surface area (Å²) in [6.45, 7) is 0.0230. The first-order chi connectivity index (χ1) is 13.0. The number of hydrogen-bond donors (Lipinski definition) is 1. The van der Waals surface area contributed by atoms with Crippen molar-refractivity contribution in [1.82, 2.24) is 4.98 Å². The molecule has 7 heteroatoms. The summed E-state index contributed by atoms with van der Waals surface area (Å²) in [6.07, 6.45) is 4.60. The van der Waals surface area contributed by atoms with E-state index in [1.165, 1.54) is 25.0 Å². The molecule has 2 atom stereocenters. The number of aliphatic carboxylic acids is 1. The van der Waals surface area contributed by atoms with E-state index in [0.717, 1.165) is 22.3 Å². The Morgan fingerprint density at radius 3 is 2.67 bits per heavy atom. The number of pyridine rings is 1. The fourth-order valence-electron chi connectivity index (χ4n) is 3.06. The third-order valence-corrected chi connectivity index (χ3v) is 6.21. The van der Waals surface area contributed by atoms with Gasteiger partial charge in [0.2, 0.25) is 0 Å². The summed E-state index contributed by atoms with van der Waals surface area (Å²) in [5, 5.41) is 9.80. The molecule has 2 fully saturated rings. The molecule has 1 aromatic heterocycles. The van der Waals surface area contributed by atoms with Gasteiger partial charge in [-0.15, -0.1) is 11.8 Å². The lowest BCUT2D eigenvalue weighted by Gasteiger charge is -2.12. The van der Waals surface area contributed by atoms with Gasteiger partial charge in [-0.25, -0.2) is 13.8 Å². The van der Waals surface area contributed by atoms with E-state index in [-0.39, 0.29) is 12.5 Å². The summed E-state index contributed by atoms with van der Waals surface area (Å²) in [5.74, 6) is -2.14. The maximum absolute atomic E-state index is 14.4. The highest BCUT2D eigenvalue weighted by atomic mass is 32.2. The molecule has 2 aromatic rings. The van der Waals surface area contributed by atoms with Crippen LogP contribution < -0.4 is 4.74 Å². The zero-order chi connectivity index (χ0) is 19.0. The molecular weight excluding hydrogens is 372 g/mol. The predicted molar refractivity (Wildman–Crippen MR) is 96.9 cm³/mol. The van der Waals surface area contributed by atoms with E-state index in [1.807, 2.05) is 6.07 Å². The lowest BCUT2D eigenvalue weighted by atomic mass is 10.1. The topological polar surface area (TPSA) is 59.4 Å². The molecule has 2 unspecified atom stereocenters. The molecule has 1 N–H and O–H groups in total. The first-order valence-electron chi connectivity index (χ1n) is 8.94. The van der Waals surface area contributed by atoms with Crippen LogP contribution in [0.2, 0.25) is 0 Å². The normalized spacial score (nSPS) is 21.1. The van der Waals surface area contributed by atoms with Gasteiger partial charge in [-0.05, 0) is 54.9 Å². The van der Waals surface area contributed by atoms with Crippen molar-refractivity contribution in [2.24, 2.45) is 11.8 Å². The van der Waals surface area contributed by atoms with Gasteiger partial charge in [0.15, 0.2) is 17.4 Å². The minimum absolute atomic E-state index is 0.0230. The Morgan fingerprint density at radius 2 is 2.04 bits per heavy atom. The van der Waals surface area contributed by atoms with Gasteiger partial charge in [-0.3, -0.25) is 4.79 Å². The summed E-state index contributed by atoms with van der Waals surface area (Å²) in [5.41, 5.74) is 1.16. The smallest absolute Gasteiger partial charge is 0.307 e. The molecular formula is C20H19F2NO3S. The van der Waals surface area contributed by atoms with Gasteiger partial charge < -0.3 is 9.84 Å². The second-order valence-electron chi connectivity index (χ2n) is 7.11. The van der Waals surface area contributed by atoms with Crippen LogP contribution in [0.4, 0.5) is 8.78 Å².